The number of carbonyl (C=O) groups excluding carboxylic acids is 1. The minimum atomic E-state index is 0.238. The van der Waals surface area contributed by atoms with Gasteiger partial charge in [-0.1, -0.05) is 0 Å². The summed E-state index contributed by atoms with van der Waals surface area (Å²) in [6, 6.07) is 1.89. The van der Waals surface area contributed by atoms with E-state index in [1.165, 1.54) is 0 Å². The van der Waals surface area contributed by atoms with E-state index in [4.69, 9.17) is 0 Å². The Labute approximate surface area is 94.4 Å². The number of carbonyl (C=O) groups is 1. The molecule has 0 unspecified atom stereocenters. The standard InChI is InChI=1S/C11H16N2OS/c1-12-3-2-10(8-12)11(14)9-13-4-6-15-7-5-13/h2-3,8H,4-7,9H2,1H3. The molecule has 4 heteroatoms. The smallest absolute Gasteiger partial charge is 0.178 e. The van der Waals surface area contributed by atoms with Gasteiger partial charge in [0.05, 0.1) is 6.54 Å². The van der Waals surface area contributed by atoms with E-state index >= 15 is 0 Å². The van der Waals surface area contributed by atoms with Gasteiger partial charge in [-0.25, -0.2) is 0 Å². The molecule has 1 aromatic rings. The lowest BCUT2D eigenvalue weighted by atomic mass is 10.2. The number of nitrogens with zero attached hydrogens (tertiary/aromatic N) is 2. The van der Waals surface area contributed by atoms with Crippen molar-refractivity contribution in [3.8, 4) is 0 Å². The highest BCUT2D eigenvalue weighted by molar-refractivity contribution is 7.99. The number of aryl methyl sites for hydroxylation is 1. The third kappa shape index (κ3) is 2.86. The minimum Gasteiger partial charge on any atom is -0.357 e. The van der Waals surface area contributed by atoms with Crippen molar-refractivity contribution in [2.75, 3.05) is 31.1 Å². The van der Waals surface area contributed by atoms with Crippen molar-refractivity contribution in [1.29, 1.82) is 0 Å². The maximum Gasteiger partial charge on any atom is 0.178 e. The Morgan fingerprint density at radius 1 is 1.47 bits per heavy atom. The van der Waals surface area contributed by atoms with Crippen molar-refractivity contribution in [3.63, 3.8) is 0 Å². The van der Waals surface area contributed by atoms with Gasteiger partial charge in [-0.3, -0.25) is 9.69 Å². The molecule has 0 amide bonds. The van der Waals surface area contributed by atoms with Gasteiger partial charge in [-0.2, -0.15) is 11.8 Å². The molecule has 0 bridgehead atoms. The van der Waals surface area contributed by atoms with Crippen LogP contribution in [0.15, 0.2) is 18.5 Å². The molecule has 3 nitrogen and oxygen atoms in total. The molecule has 1 aliphatic heterocycles. The summed E-state index contributed by atoms with van der Waals surface area (Å²) in [4.78, 5) is 14.1. The quantitative estimate of drug-likeness (QED) is 0.723. The van der Waals surface area contributed by atoms with E-state index in [-0.39, 0.29) is 5.78 Å². The predicted octanol–water partition coefficient (Wildman–Crippen LogP) is 1.26. The van der Waals surface area contributed by atoms with Gasteiger partial charge in [0, 0.05) is 49.6 Å². The second kappa shape index (κ2) is 4.86. The van der Waals surface area contributed by atoms with Crippen LogP contribution in [0.2, 0.25) is 0 Å². The van der Waals surface area contributed by atoms with Crippen LogP contribution in [0.3, 0.4) is 0 Å². The summed E-state index contributed by atoms with van der Waals surface area (Å²) in [6.45, 7) is 2.66. The van der Waals surface area contributed by atoms with E-state index in [0.29, 0.717) is 6.54 Å². The summed E-state index contributed by atoms with van der Waals surface area (Å²) in [5, 5.41) is 0. The minimum absolute atomic E-state index is 0.238. The molecule has 82 valence electrons. The van der Waals surface area contributed by atoms with Crippen LogP contribution in [0.1, 0.15) is 10.4 Å². The molecule has 1 fully saturated rings. The van der Waals surface area contributed by atoms with Crippen LogP contribution in [-0.4, -0.2) is 46.4 Å². The monoisotopic (exact) mass is 224 g/mol. The number of hydrogen-bond acceptors (Lipinski definition) is 3. The first-order chi connectivity index (χ1) is 7.25. The van der Waals surface area contributed by atoms with Crippen LogP contribution in [0, 0.1) is 0 Å². The highest BCUT2D eigenvalue weighted by Crippen LogP contribution is 2.10. The summed E-state index contributed by atoms with van der Waals surface area (Å²) in [7, 11) is 1.94. The molecule has 0 radical (unpaired) electrons. The lowest BCUT2D eigenvalue weighted by molar-refractivity contribution is 0.0937. The second-order valence-electron chi connectivity index (χ2n) is 3.88. The van der Waals surface area contributed by atoms with E-state index in [0.717, 1.165) is 30.2 Å². The summed E-state index contributed by atoms with van der Waals surface area (Å²) in [6.07, 6.45) is 3.81. The molecule has 15 heavy (non-hydrogen) atoms. The lowest BCUT2D eigenvalue weighted by Gasteiger charge is -2.25. The number of aromatic nitrogens is 1. The summed E-state index contributed by atoms with van der Waals surface area (Å²) >= 11 is 1.97. The molecule has 0 atom stereocenters. The second-order valence-corrected chi connectivity index (χ2v) is 5.10. The van der Waals surface area contributed by atoms with E-state index in [1.807, 2.05) is 41.8 Å². The van der Waals surface area contributed by atoms with Gasteiger partial charge in [0.25, 0.3) is 0 Å². The Hall–Kier alpha value is -0.740. The van der Waals surface area contributed by atoms with E-state index < -0.39 is 0 Å². The third-order valence-electron chi connectivity index (χ3n) is 2.62. The Kier molecular flexibility index (Phi) is 3.49. The summed E-state index contributed by atoms with van der Waals surface area (Å²) < 4.78 is 1.92. The van der Waals surface area contributed by atoms with Crippen LogP contribution in [-0.2, 0) is 7.05 Å². The normalized spacial score (nSPS) is 17.9. The van der Waals surface area contributed by atoms with Crippen LogP contribution >= 0.6 is 11.8 Å². The predicted molar refractivity (Wildman–Crippen MR) is 63.5 cm³/mol. The van der Waals surface area contributed by atoms with Crippen LogP contribution in [0.25, 0.3) is 0 Å². The molecule has 0 aromatic carbocycles. The lowest BCUT2D eigenvalue weighted by Crippen LogP contribution is -2.36. The number of thioether (sulfide) groups is 1. The van der Waals surface area contributed by atoms with Crippen molar-refractivity contribution in [1.82, 2.24) is 9.47 Å². The summed E-state index contributed by atoms with van der Waals surface area (Å²) in [5.41, 5.74) is 0.829. The van der Waals surface area contributed by atoms with Crippen molar-refractivity contribution < 1.29 is 4.79 Å². The zero-order valence-corrected chi connectivity index (χ0v) is 9.80. The molecule has 0 spiro atoms. The largest absolute Gasteiger partial charge is 0.357 e. The first kappa shape index (κ1) is 10.8. The fraction of sp³-hybridized carbons (Fsp3) is 0.545. The molecule has 0 saturated carbocycles. The highest BCUT2D eigenvalue weighted by atomic mass is 32.2. The van der Waals surface area contributed by atoms with E-state index in [2.05, 4.69) is 4.90 Å². The third-order valence-corrected chi connectivity index (χ3v) is 3.57. The molecule has 1 aromatic heterocycles. The van der Waals surface area contributed by atoms with E-state index in [9.17, 15) is 4.79 Å². The average Bonchev–Trinajstić information content (AvgIpc) is 2.66. The Morgan fingerprint density at radius 3 is 2.80 bits per heavy atom. The van der Waals surface area contributed by atoms with Crippen molar-refractivity contribution in [3.05, 3.63) is 24.0 Å². The average molecular weight is 224 g/mol. The zero-order valence-electron chi connectivity index (χ0n) is 8.98. The van der Waals surface area contributed by atoms with Crippen LogP contribution in [0.4, 0.5) is 0 Å². The molecule has 0 N–H and O–H groups in total. The molecule has 1 saturated heterocycles. The van der Waals surface area contributed by atoms with Gasteiger partial charge in [0.1, 0.15) is 0 Å². The number of Topliss-reactive ketones (excluding diaryl/α,β-unsaturated/α-hetero) is 1. The van der Waals surface area contributed by atoms with Crippen molar-refractivity contribution >= 4 is 17.5 Å². The summed E-state index contributed by atoms with van der Waals surface area (Å²) in [5.74, 6) is 2.55. The maximum absolute atomic E-state index is 11.9. The van der Waals surface area contributed by atoms with Gasteiger partial charge in [0.2, 0.25) is 0 Å². The van der Waals surface area contributed by atoms with Gasteiger partial charge in [-0.15, -0.1) is 0 Å². The molecule has 2 heterocycles. The molecular weight excluding hydrogens is 208 g/mol. The van der Waals surface area contributed by atoms with Crippen molar-refractivity contribution in [2.24, 2.45) is 7.05 Å². The zero-order chi connectivity index (χ0) is 10.7. The Morgan fingerprint density at radius 2 is 2.20 bits per heavy atom. The van der Waals surface area contributed by atoms with Gasteiger partial charge in [-0.05, 0) is 6.07 Å². The number of rotatable bonds is 3. The molecular formula is C11H16N2OS. The topological polar surface area (TPSA) is 25.2 Å². The molecule has 2 rings (SSSR count). The highest BCUT2D eigenvalue weighted by Gasteiger charge is 2.15. The van der Waals surface area contributed by atoms with Crippen LogP contribution < -0.4 is 0 Å². The Balaban J connectivity index is 1.91. The van der Waals surface area contributed by atoms with Crippen molar-refractivity contribution in [2.45, 2.75) is 0 Å². The molecule has 1 aliphatic rings. The fourth-order valence-electron chi connectivity index (χ4n) is 1.72. The molecule has 0 aliphatic carbocycles. The fourth-order valence-corrected chi connectivity index (χ4v) is 2.70. The number of ketones is 1. The van der Waals surface area contributed by atoms with Gasteiger partial charge >= 0.3 is 0 Å². The maximum atomic E-state index is 11.9. The Bertz CT molecular complexity index is 342. The SMILES string of the molecule is Cn1ccc(C(=O)CN2CCSCC2)c1. The van der Waals surface area contributed by atoms with Gasteiger partial charge in [0.15, 0.2) is 5.78 Å². The van der Waals surface area contributed by atoms with Gasteiger partial charge < -0.3 is 4.57 Å². The number of hydrogen-bond donors (Lipinski definition) is 0. The van der Waals surface area contributed by atoms with Crippen LogP contribution in [0.5, 0.6) is 0 Å². The first-order valence-corrected chi connectivity index (χ1v) is 6.36. The first-order valence-electron chi connectivity index (χ1n) is 5.21. The van der Waals surface area contributed by atoms with E-state index in [1.54, 1.807) is 0 Å².